The molecule has 1 aromatic heterocycles. The number of carbonyl (C=O) groups is 1. The molecule has 0 bridgehead atoms. The molecular weight excluding hydrogens is 238 g/mol. The van der Waals surface area contributed by atoms with Crippen LogP contribution in [0.15, 0.2) is 34.7 Å². The third-order valence-electron chi connectivity index (χ3n) is 3.21. The van der Waals surface area contributed by atoms with Crippen molar-refractivity contribution in [2.24, 2.45) is 0 Å². The zero-order valence-corrected chi connectivity index (χ0v) is 11.8. The maximum Gasteiger partial charge on any atom is 0.287 e. The first-order valence-corrected chi connectivity index (χ1v) is 6.42. The first-order chi connectivity index (χ1) is 8.97. The lowest BCUT2D eigenvalue weighted by Gasteiger charge is -2.16. The molecule has 19 heavy (non-hydrogen) atoms. The Morgan fingerprint density at radius 3 is 2.53 bits per heavy atom. The summed E-state index contributed by atoms with van der Waals surface area (Å²) in [5.74, 6) is 0.917. The van der Waals surface area contributed by atoms with Gasteiger partial charge in [-0.3, -0.25) is 4.79 Å². The lowest BCUT2D eigenvalue weighted by molar-refractivity contribution is 0.0910. The minimum Gasteiger partial charge on any atom is -0.456 e. The second kappa shape index (κ2) is 5.31. The van der Waals surface area contributed by atoms with Crippen LogP contribution in [0.3, 0.4) is 0 Å². The van der Waals surface area contributed by atoms with Gasteiger partial charge in [0.2, 0.25) is 0 Å². The molecule has 0 saturated carbocycles. The normalized spacial score (nSPS) is 12.2. The Balaban J connectivity index is 2.14. The summed E-state index contributed by atoms with van der Waals surface area (Å²) in [4.78, 5) is 12.0. The Morgan fingerprint density at radius 2 is 1.89 bits per heavy atom. The van der Waals surface area contributed by atoms with Gasteiger partial charge in [0, 0.05) is 0 Å². The standard InChI is InChI=1S/C16H19NO2/c1-10-5-6-11(2)14(9-10)13(4)17-16(18)15-8-7-12(3)19-15/h5-9,13H,1-4H3,(H,17,18). The van der Waals surface area contributed by atoms with Gasteiger partial charge in [0.1, 0.15) is 5.76 Å². The number of hydrogen-bond acceptors (Lipinski definition) is 2. The van der Waals surface area contributed by atoms with E-state index in [1.54, 1.807) is 12.1 Å². The Morgan fingerprint density at radius 1 is 1.16 bits per heavy atom. The molecule has 2 rings (SSSR count). The van der Waals surface area contributed by atoms with Crippen LogP contribution in [0, 0.1) is 20.8 Å². The van der Waals surface area contributed by atoms with Gasteiger partial charge >= 0.3 is 0 Å². The fourth-order valence-corrected chi connectivity index (χ4v) is 2.13. The minimum absolute atomic E-state index is 0.0437. The number of benzene rings is 1. The van der Waals surface area contributed by atoms with Gasteiger partial charge in [0.15, 0.2) is 5.76 Å². The Labute approximate surface area is 113 Å². The molecule has 0 aliphatic heterocycles. The molecule has 1 atom stereocenters. The van der Waals surface area contributed by atoms with Gasteiger partial charge < -0.3 is 9.73 Å². The number of amides is 1. The molecule has 0 radical (unpaired) electrons. The van der Waals surface area contributed by atoms with Crippen molar-refractivity contribution in [1.29, 1.82) is 0 Å². The first-order valence-electron chi connectivity index (χ1n) is 6.42. The highest BCUT2D eigenvalue weighted by Gasteiger charge is 2.15. The van der Waals surface area contributed by atoms with Crippen molar-refractivity contribution in [3.8, 4) is 0 Å². The molecule has 0 aliphatic carbocycles. The number of rotatable bonds is 3. The molecule has 0 saturated heterocycles. The number of furan rings is 1. The highest BCUT2D eigenvalue weighted by molar-refractivity contribution is 5.91. The van der Waals surface area contributed by atoms with Gasteiger partial charge in [0.05, 0.1) is 6.04 Å². The van der Waals surface area contributed by atoms with E-state index in [0.29, 0.717) is 5.76 Å². The molecule has 1 amide bonds. The molecule has 2 aromatic rings. The van der Waals surface area contributed by atoms with Gasteiger partial charge in [0.25, 0.3) is 5.91 Å². The molecule has 3 heteroatoms. The van der Waals surface area contributed by atoms with Crippen LogP contribution in [0.5, 0.6) is 0 Å². The van der Waals surface area contributed by atoms with E-state index in [0.717, 1.165) is 11.3 Å². The van der Waals surface area contributed by atoms with Crippen molar-refractivity contribution in [1.82, 2.24) is 5.32 Å². The monoisotopic (exact) mass is 257 g/mol. The second-order valence-corrected chi connectivity index (χ2v) is 4.97. The number of aryl methyl sites for hydroxylation is 3. The zero-order valence-electron chi connectivity index (χ0n) is 11.8. The van der Waals surface area contributed by atoms with Crippen molar-refractivity contribution < 1.29 is 9.21 Å². The predicted octanol–water partition coefficient (Wildman–Crippen LogP) is 3.70. The molecule has 0 spiro atoms. The van der Waals surface area contributed by atoms with E-state index >= 15 is 0 Å². The topological polar surface area (TPSA) is 42.2 Å². The lowest BCUT2D eigenvalue weighted by atomic mass is 10.00. The molecule has 1 unspecified atom stereocenters. The van der Waals surface area contributed by atoms with Crippen molar-refractivity contribution in [2.45, 2.75) is 33.7 Å². The number of carbonyl (C=O) groups excluding carboxylic acids is 1. The maximum atomic E-state index is 12.0. The van der Waals surface area contributed by atoms with Gasteiger partial charge in [-0.2, -0.15) is 0 Å². The average Bonchev–Trinajstić information content (AvgIpc) is 2.79. The summed E-state index contributed by atoms with van der Waals surface area (Å²) in [6, 6.07) is 9.69. The molecular formula is C16H19NO2. The molecule has 1 aromatic carbocycles. The smallest absolute Gasteiger partial charge is 0.287 e. The van der Waals surface area contributed by atoms with Crippen LogP contribution < -0.4 is 5.32 Å². The summed E-state index contributed by atoms with van der Waals surface area (Å²) >= 11 is 0. The molecule has 1 N–H and O–H groups in total. The summed E-state index contributed by atoms with van der Waals surface area (Å²) in [6.07, 6.45) is 0. The number of hydrogen-bond donors (Lipinski definition) is 1. The fourth-order valence-electron chi connectivity index (χ4n) is 2.13. The third kappa shape index (κ3) is 3.05. The average molecular weight is 257 g/mol. The summed E-state index contributed by atoms with van der Waals surface area (Å²) in [5, 5.41) is 2.96. The maximum absolute atomic E-state index is 12.0. The summed E-state index contributed by atoms with van der Waals surface area (Å²) in [5.41, 5.74) is 3.50. The Bertz CT molecular complexity index is 599. The molecule has 0 aliphatic rings. The van der Waals surface area contributed by atoms with Crippen molar-refractivity contribution in [3.05, 3.63) is 58.5 Å². The first kappa shape index (κ1) is 13.4. The van der Waals surface area contributed by atoms with Crippen LogP contribution in [-0.2, 0) is 0 Å². The van der Waals surface area contributed by atoms with Crippen molar-refractivity contribution in [2.75, 3.05) is 0 Å². The van der Waals surface area contributed by atoms with Gasteiger partial charge in [-0.1, -0.05) is 23.8 Å². The molecule has 0 fully saturated rings. The predicted molar refractivity (Wildman–Crippen MR) is 75.2 cm³/mol. The van der Waals surface area contributed by atoms with Gasteiger partial charge in [-0.15, -0.1) is 0 Å². The van der Waals surface area contributed by atoms with Crippen LogP contribution >= 0.6 is 0 Å². The Kier molecular flexibility index (Phi) is 3.74. The Hall–Kier alpha value is -2.03. The van der Waals surface area contributed by atoms with E-state index in [1.165, 1.54) is 11.1 Å². The third-order valence-corrected chi connectivity index (χ3v) is 3.21. The van der Waals surface area contributed by atoms with Crippen LogP contribution in [0.25, 0.3) is 0 Å². The van der Waals surface area contributed by atoms with Crippen LogP contribution in [0.1, 0.15) is 46.0 Å². The van der Waals surface area contributed by atoms with Crippen LogP contribution in [0.2, 0.25) is 0 Å². The van der Waals surface area contributed by atoms with E-state index in [1.807, 2.05) is 20.8 Å². The van der Waals surface area contributed by atoms with E-state index in [4.69, 9.17) is 4.42 Å². The number of nitrogens with one attached hydrogen (secondary N) is 1. The largest absolute Gasteiger partial charge is 0.456 e. The minimum atomic E-state index is -0.179. The molecule has 1 heterocycles. The SMILES string of the molecule is Cc1ccc(C)c(C(C)NC(=O)c2ccc(C)o2)c1. The van der Waals surface area contributed by atoms with Gasteiger partial charge in [-0.05, 0) is 51.0 Å². The van der Waals surface area contributed by atoms with Crippen molar-refractivity contribution in [3.63, 3.8) is 0 Å². The highest BCUT2D eigenvalue weighted by Crippen LogP contribution is 2.19. The van der Waals surface area contributed by atoms with E-state index < -0.39 is 0 Å². The van der Waals surface area contributed by atoms with Crippen LogP contribution in [0.4, 0.5) is 0 Å². The summed E-state index contributed by atoms with van der Waals surface area (Å²) < 4.78 is 5.32. The van der Waals surface area contributed by atoms with Crippen molar-refractivity contribution >= 4 is 5.91 Å². The summed E-state index contributed by atoms with van der Waals surface area (Å²) in [6.45, 7) is 7.90. The lowest BCUT2D eigenvalue weighted by Crippen LogP contribution is -2.26. The van der Waals surface area contributed by atoms with E-state index in [-0.39, 0.29) is 11.9 Å². The van der Waals surface area contributed by atoms with Gasteiger partial charge in [-0.25, -0.2) is 0 Å². The second-order valence-electron chi connectivity index (χ2n) is 4.97. The zero-order chi connectivity index (χ0) is 14.0. The summed E-state index contributed by atoms with van der Waals surface area (Å²) in [7, 11) is 0. The van der Waals surface area contributed by atoms with Crippen LogP contribution in [-0.4, -0.2) is 5.91 Å². The quantitative estimate of drug-likeness (QED) is 0.911. The van der Waals surface area contributed by atoms with E-state index in [2.05, 4.69) is 30.4 Å². The molecule has 100 valence electrons. The highest BCUT2D eigenvalue weighted by atomic mass is 16.3. The molecule has 3 nitrogen and oxygen atoms in total. The fraction of sp³-hybridized carbons (Fsp3) is 0.312. The van der Waals surface area contributed by atoms with E-state index in [9.17, 15) is 4.79 Å².